The molecule has 2 heteroatoms. The molecule has 0 radical (unpaired) electrons. The Balaban J connectivity index is 4.16. The topological polar surface area (TPSA) is 38.0 Å². The minimum atomic E-state index is 0.477. The van der Waals surface area contributed by atoms with Crippen LogP contribution in [0, 0.1) is 23.7 Å². The lowest BCUT2D eigenvalue weighted by molar-refractivity contribution is 0.249. The predicted octanol–water partition coefficient (Wildman–Crippen LogP) is 2.88. The van der Waals surface area contributed by atoms with Gasteiger partial charge in [-0.25, -0.2) is 0 Å². The van der Waals surface area contributed by atoms with Crippen molar-refractivity contribution in [1.29, 1.82) is 0 Å². The molecule has 0 saturated carbocycles. The van der Waals surface area contributed by atoms with Crippen molar-refractivity contribution in [3.63, 3.8) is 0 Å². The van der Waals surface area contributed by atoms with Crippen LogP contribution in [0.15, 0.2) is 0 Å². The average Bonchev–Trinajstić information content (AvgIpc) is 2.22. The van der Waals surface area contributed by atoms with Crippen molar-refractivity contribution in [3.8, 4) is 0 Å². The van der Waals surface area contributed by atoms with Gasteiger partial charge in [0.05, 0.1) is 0 Å². The van der Waals surface area contributed by atoms with E-state index in [0.717, 1.165) is 30.8 Å². The molecule has 2 atom stereocenters. The lowest BCUT2D eigenvalue weighted by Crippen LogP contribution is -2.44. The maximum absolute atomic E-state index is 5.83. The summed E-state index contributed by atoms with van der Waals surface area (Å²) in [7, 11) is 0. The Morgan fingerprint density at radius 3 is 1.81 bits per heavy atom. The maximum atomic E-state index is 5.83. The van der Waals surface area contributed by atoms with Crippen LogP contribution in [0.5, 0.6) is 0 Å². The lowest BCUT2D eigenvalue weighted by Gasteiger charge is -2.30. The summed E-state index contributed by atoms with van der Waals surface area (Å²) in [4.78, 5) is 0. The monoisotopic (exact) mass is 228 g/mol. The van der Waals surface area contributed by atoms with Crippen LogP contribution in [0.4, 0.5) is 0 Å². The van der Waals surface area contributed by atoms with E-state index < -0.39 is 0 Å². The van der Waals surface area contributed by atoms with Gasteiger partial charge in [0.2, 0.25) is 0 Å². The summed E-state index contributed by atoms with van der Waals surface area (Å²) in [6.45, 7) is 15.6. The molecule has 0 fully saturated rings. The molecule has 16 heavy (non-hydrogen) atoms. The highest BCUT2D eigenvalue weighted by Gasteiger charge is 2.20. The zero-order valence-electron chi connectivity index (χ0n) is 12.1. The average molecular weight is 228 g/mol. The summed E-state index contributed by atoms with van der Waals surface area (Å²) in [6, 6.07) is 0.477. The van der Waals surface area contributed by atoms with Crippen molar-refractivity contribution >= 4 is 0 Å². The molecule has 0 bridgehead atoms. The Hall–Kier alpha value is -0.0800. The molecule has 98 valence electrons. The van der Waals surface area contributed by atoms with E-state index in [4.69, 9.17) is 5.73 Å². The Kier molecular flexibility index (Phi) is 8.04. The molecule has 0 aliphatic heterocycles. The highest BCUT2D eigenvalue weighted by molar-refractivity contribution is 4.77. The summed E-state index contributed by atoms with van der Waals surface area (Å²) in [5.74, 6) is 2.90. The first-order chi connectivity index (χ1) is 7.43. The highest BCUT2D eigenvalue weighted by atomic mass is 14.9. The van der Waals surface area contributed by atoms with Gasteiger partial charge >= 0.3 is 0 Å². The molecule has 0 aliphatic rings. The largest absolute Gasteiger partial charge is 0.329 e. The van der Waals surface area contributed by atoms with Crippen molar-refractivity contribution in [3.05, 3.63) is 0 Å². The molecule has 0 spiro atoms. The molecule has 2 nitrogen and oxygen atoms in total. The van der Waals surface area contributed by atoms with Gasteiger partial charge in [-0.1, -0.05) is 48.0 Å². The van der Waals surface area contributed by atoms with Gasteiger partial charge in [-0.2, -0.15) is 0 Å². The van der Waals surface area contributed by atoms with E-state index in [0.29, 0.717) is 12.0 Å². The minimum Gasteiger partial charge on any atom is -0.329 e. The summed E-state index contributed by atoms with van der Waals surface area (Å²) >= 11 is 0. The summed E-state index contributed by atoms with van der Waals surface area (Å²) in [5, 5.41) is 3.66. The molecule has 0 aromatic rings. The van der Waals surface area contributed by atoms with Crippen molar-refractivity contribution in [2.24, 2.45) is 29.4 Å². The zero-order chi connectivity index (χ0) is 12.7. The fraction of sp³-hybridized carbons (Fsp3) is 1.00. The molecule has 2 unspecified atom stereocenters. The second kappa shape index (κ2) is 8.08. The van der Waals surface area contributed by atoms with Crippen LogP contribution in [-0.4, -0.2) is 19.1 Å². The summed E-state index contributed by atoms with van der Waals surface area (Å²) in [5.41, 5.74) is 5.83. The van der Waals surface area contributed by atoms with Gasteiger partial charge in [-0.3, -0.25) is 0 Å². The molecule has 0 saturated heterocycles. The van der Waals surface area contributed by atoms with E-state index in [1.807, 2.05) is 0 Å². The smallest absolute Gasteiger partial charge is 0.0215 e. The van der Waals surface area contributed by atoms with Crippen LogP contribution in [0.25, 0.3) is 0 Å². The van der Waals surface area contributed by atoms with Crippen molar-refractivity contribution < 1.29 is 0 Å². The van der Waals surface area contributed by atoms with Crippen LogP contribution in [0.3, 0.4) is 0 Å². The quantitative estimate of drug-likeness (QED) is 0.670. The number of hydrogen-bond donors (Lipinski definition) is 2. The Morgan fingerprint density at radius 2 is 1.50 bits per heavy atom. The normalized spacial score (nSPS) is 16.1. The van der Waals surface area contributed by atoms with E-state index in [-0.39, 0.29) is 0 Å². The van der Waals surface area contributed by atoms with Crippen LogP contribution in [0.2, 0.25) is 0 Å². The third-order valence-electron chi connectivity index (χ3n) is 3.91. The first-order valence-corrected chi connectivity index (χ1v) is 6.87. The van der Waals surface area contributed by atoms with Crippen molar-refractivity contribution in [1.82, 2.24) is 5.32 Å². The first kappa shape index (κ1) is 15.9. The van der Waals surface area contributed by atoms with Gasteiger partial charge in [0.1, 0.15) is 0 Å². The van der Waals surface area contributed by atoms with Gasteiger partial charge in [0.15, 0.2) is 0 Å². The van der Waals surface area contributed by atoms with Gasteiger partial charge < -0.3 is 11.1 Å². The number of nitrogens with one attached hydrogen (secondary N) is 1. The first-order valence-electron chi connectivity index (χ1n) is 6.87. The van der Waals surface area contributed by atoms with Crippen LogP contribution >= 0.6 is 0 Å². The number of rotatable bonds is 8. The summed E-state index contributed by atoms with van der Waals surface area (Å²) < 4.78 is 0. The van der Waals surface area contributed by atoms with Crippen LogP contribution in [-0.2, 0) is 0 Å². The van der Waals surface area contributed by atoms with E-state index in [9.17, 15) is 0 Å². The van der Waals surface area contributed by atoms with E-state index in [1.54, 1.807) is 0 Å². The highest BCUT2D eigenvalue weighted by Crippen LogP contribution is 2.20. The Morgan fingerprint density at radius 1 is 1.00 bits per heavy atom. The van der Waals surface area contributed by atoms with Crippen molar-refractivity contribution in [2.45, 2.75) is 54.0 Å². The molecule has 0 aromatic heterocycles. The molecular weight excluding hydrogens is 196 g/mol. The lowest BCUT2D eigenvalue weighted by atomic mass is 9.85. The standard InChI is InChI=1S/C14H32N2/c1-7-12(6)14(8-15)16-9-13(10(2)3)11(4)5/h10-14,16H,7-9,15H2,1-6H3. The van der Waals surface area contributed by atoms with Gasteiger partial charge in [-0.05, 0) is 30.2 Å². The van der Waals surface area contributed by atoms with E-state index in [2.05, 4.69) is 46.9 Å². The van der Waals surface area contributed by atoms with E-state index >= 15 is 0 Å². The van der Waals surface area contributed by atoms with Crippen LogP contribution < -0.4 is 11.1 Å². The van der Waals surface area contributed by atoms with Gasteiger partial charge in [-0.15, -0.1) is 0 Å². The molecule has 0 aromatic carbocycles. The Labute approximate surface area is 102 Å². The molecular formula is C14H32N2. The second-order valence-corrected chi connectivity index (χ2v) is 5.79. The number of nitrogens with two attached hydrogens (primary N) is 1. The molecule has 0 heterocycles. The fourth-order valence-electron chi connectivity index (χ4n) is 2.33. The third kappa shape index (κ3) is 5.31. The predicted molar refractivity (Wildman–Crippen MR) is 73.5 cm³/mol. The van der Waals surface area contributed by atoms with Gasteiger partial charge in [0.25, 0.3) is 0 Å². The Bertz CT molecular complexity index is 158. The SMILES string of the molecule is CCC(C)C(CN)NCC(C(C)C)C(C)C. The molecule has 0 aliphatic carbocycles. The fourth-order valence-corrected chi connectivity index (χ4v) is 2.33. The van der Waals surface area contributed by atoms with E-state index in [1.165, 1.54) is 6.42 Å². The van der Waals surface area contributed by atoms with Crippen molar-refractivity contribution in [2.75, 3.05) is 13.1 Å². The zero-order valence-corrected chi connectivity index (χ0v) is 12.1. The molecule has 0 rings (SSSR count). The third-order valence-corrected chi connectivity index (χ3v) is 3.91. The van der Waals surface area contributed by atoms with Crippen LogP contribution in [0.1, 0.15) is 48.0 Å². The molecule has 3 N–H and O–H groups in total. The maximum Gasteiger partial charge on any atom is 0.0215 e. The summed E-state index contributed by atoms with van der Waals surface area (Å²) in [6.07, 6.45) is 1.20. The number of hydrogen-bond acceptors (Lipinski definition) is 2. The second-order valence-electron chi connectivity index (χ2n) is 5.79. The molecule has 0 amide bonds. The minimum absolute atomic E-state index is 0.477. The van der Waals surface area contributed by atoms with Gasteiger partial charge in [0, 0.05) is 12.6 Å².